The number of hydrogen-bond donors (Lipinski definition) is 1. The minimum absolute atomic E-state index is 0.101. The van der Waals surface area contributed by atoms with Crippen molar-refractivity contribution in [3.8, 4) is 0 Å². The molecule has 3 nitrogen and oxygen atoms in total. The van der Waals surface area contributed by atoms with Gasteiger partial charge in [-0.3, -0.25) is 0 Å². The van der Waals surface area contributed by atoms with Crippen LogP contribution < -0.4 is 0 Å². The van der Waals surface area contributed by atoms with Crippen LogP contribution in [0, 0.1) is 5.82 Å². The normalized spacial score (nSPS) is 10.6. The second kappa shape index (κ2) is 5.58. The summed E-state index contributed by atoms with van der Waals surface area (Å²) in [6.45, 7) is 0. The Labute approximate surface area is 115 Å². The van der Waals surface area contributed by atoms with Crippen molar-refractivity contribution in [2.24, 2.45) is 0 Å². The minimum Gasteiger partial charge on any atom is -0.475 e. The van der Waals surface area contributed by atoms with Crippen LogP contribution in [0.4, 0.5) is 4.39 Å². The number of carboxylic acids is 1. The van der Waals surface area contributed by atoms with Crippen molar-refractivity contribution in [3.63, 3.8) is 0 Å². The molecule has 0 atom stereocenters. The van der Waals surface area contributed by atoms with Gasteiger partial charge >= 0.3 is 5.97 Å². The Bertz CT molecular complexity index is 582. The Balaban J connectivity index is 2.07. The number of aromatic carboxylic acids is 1. The summed E-state index contributed by atoms with van der Waals surface area (Å²) in [5.74, 6) is -1.03. The molecule has 1 aromatic carbocycles. The Morgan fingerprint density at radius 2 is 2.17 bits per heavy atom. The van der Waals surface area contributed by atoms with Crippen LogP contribution >= 0.6 is 27.7 Å². The molecule has 0 spiro atoms. The molecular weight excluding hydrogens is 323 g/mol. The van der Waals surface area contributed by atoms with Crippen LogP contribution in [0.1, 0.15) is 16.1 Å². The van der Waals surface area contributed by atoms with Gasteiger partial charge in [-0.1, -0.05) is 23.9 Å². The highest BCUT2D eigenvalue weighted by atomic mass is 79.9. The summed E-state index contributed by atoms with van der Waals surface area (Å²) in [5.41, 5.74) is 0.785. The molecule has 1 heterocycles. The van der Waals surface area contributed by atoms with Gasteiger partial charge in [-0.2, -0.15) is 0 Å². The number of carboxylic acid groups (broad SMARTS) is 1. The maximum atomic E-state index is 13.3. The summed E-state index contributed by atoms with van der Waals surface area (Å²) in [7, 11) is 0. The molecule has 0 amide bonds. The fraction of sp³-hybridized carbons (Fsp3) is 0.0833. The third-order valence-corrected chi connectivity index (χ3v) is 4.04. The molecule has 1 aromatic heterocycles. The number of thioether (sulfide) groups is 1. The fourth-order valence-electron chi connectivity index (χ4n) is 1.32. The van der Waals surface area contributed by atoms with Gasteiger partial charge in [0.15, 0.2) is 5.09 Å². The molecule has 0 saturated carbocycles. The lowest BCUT2D eigenvalue weighted by Gasteiger charge is -2.03. The van der Waals surface area contributed by atoms with Gasteiger partial charge in [0.1, 0.15) is 5.82 Å². The molecule has 0 unspecified atom stereocenters. The van der Waals surface area contributed by atoms with E-state index >= 15 is 0 Å². The van der Waals surface area contributed by atoms with Crippen LogP contribution in [0.25, 0.3) is 0 Å². The fourth-order valence-corrected chi connectivity index (χ4v) is 2.76. The van der Waals surface area contributed by atoms with E-state index in [-0.39, 0.29) is 11.6 Å². The number of furan rings is 1. The summed E-state index contributed by atoms with van der Waals surface area (Å²) in [4.78, 5) is 10.6. The lowest BCUT2D eigenvalue weighted by atomic mass is 10.2. The molecule has 0 aliphatic rings. The smallest absolute Gasteiger partial charge is 0.371 e. The van der Waals surface area contributed by atoms with Gasteiger partial charge in [0.2, 0.25) is 5.76 Å². The Hall–Kier alpha value is -1.27. The standard InChI is InChI=1S/C12H8BrFO3S/c13-11-7(2-1-3-8(11)14)6-18-10-5-4-9(17-10)12(15)16/h1-5H,6H2,(H,15,16). The zero-order chi connectivity index (χ0) is 13.1. The number of rotatable bonds is 4. The predicted molar refractivity (Wildman–Crippen MR) is 69.3 cm³/mol. The number of halogens is 2. The molecule has 0 fully saturated rings. The first-order valence-corrected chi connectivity index (χ1v) is 6.74. The lowest BCUT2D eigenvalue weighted by Crippen LogP contribution is -1.91. The second-order valence-corrected chi connectivity index (χ2v) is 5.20. The van der Waals surface area contributed by atoms with Crippen molar-refractivity contribution in [1.82, 2.24) is 0 Å². The number of benzene rings is 1. The molecule has 0 aliphatic carbocycles. The maximum absolute atomic E-state index is 13.3. The summed E-state index contributed by atoms with van der Waals surface area (Å²) >= 11 is 4.48. The highest BCUT2D eigenvalue weighted by Crippen LogP contribution is 2.29. The van der Waals surface area contributed by atoms with E-state index < -0.39 is 5.97 Å². The highest BCUT2D eigenvalue weighted by Gasteiger charge is 2.10. The zero-order valence-electron chi connectivity index (χ0n) is 9.02. The van der Waals surface area contributed by atoms with Crippen molar-refractivity contribution in [3.05, 3.63) is 51.9 Å². The van der Waals surface area contributed by atoms with Crippen molar-refractivity contribution >= 4 is 33.7 Å². The molecule has 2 rings (SSSR count). The monoisotopic (exact) mass is 330 g/mol. The van der Waals surface area contributed by atoms with E-state index in [1.54, 1.807) is 18.2 Å². The van der Waals surface area contributed by atoms with Crippen LogP contribution in [-0.2, 0) is 5.75 Å². The molecule has 0 bridgehead atoms. The van der Waals surface area contributed by atoms with E-state index in [0.717, 1.165) is 5.56 Å². The topological polar surface area (TPSA) is 50.4 Å². The molecule has 18 heavy (non-hydrogen) atoms. The van der Waals surface area contributed by atoms with Crippen LogP contribution in [0.2, 0.25) is 0 Å². The first-order valence-electron chi connectivity index (χ1n) is 4.96. The summed E-state index contributed by atoms with van der Waals surface area (Å²) in [6, 6.07) is 7.77. The van der Waals surface area contributed by atoms with Crippen molar-refractivity contribution < 1.29 is 18.7 Å². The molecule has 0 saturated heterocycles. The minimum atomic E-state index is -1.10. The number of hydrogen-bond acceptors (Lipinski definition) is 3. The van der Waals surface area contributed by atoms with Crippen LogP contribution in [0.3, 0.4) is 0 Å². The van der Waals surface area contributed by atoms with Gasteiger partial charge in [-0.15, -0.1) is 0 Å². The Kier molecular flexibility index (Phi) is 4.08. The van der Waals surface area contributed by atoms with Crippen molar-refractivity contribution in [2.45, 2.75) is 10.8 Å². The third-order valence-electron chi connectivity index (χ3n) is 2.19. The molecule has 1 N–H and O–H groups in total. The first kappa shape index (κ1) is 13.2. The highest BCUT2D eigenvalue weighted by molar-refractivity contribution is 9.10. The van der Waals surface area contributed by atoms with Gasteiger partial charge < -0.3 is 9.52 Å². The van der Waals surface area contributed by atoms with Gasteiger partial charge in [0.25, 0.3) is 0 Å². The van der Waals surface area contributed by atoms with E-state index in [2.05, 4.69) is 15.9 Å². The molecular formula is C12H8BrFO3S. The Morgan fingerprint density at radius 3 is 2.83 bits per heavy atom. The molecule has 94 valence electrons. The molecule has 0 radical (unpaired) electrons. The van der Waals surface area contributed by atoms with Gasteiger partial charge in [-0.05, 0) is 39.7 Å². The summed E-state index contributed by atoms with van der Waals surface area (Å²) in [6.07, 6.45) is 0. The van der Waals surface area contributed by atoms with Gasteiger partial charge in [0.05, 0.1) is 4.47 Å². The van der Waals surface area contributed by atoms with E-state index in [0.29, 0.717) is 15.3 Å². The average Bonchev–Trinajstić information content (AvgIpc) is 2.80. The Morgan fingerprint density at radius 1 is 1.39 bits per heavy atom. The third kappa shape index (κ3) is 2.94. The SMILES string of the molecule is O=C(O)c1ccc(SCc2cccc(F)c2Br)o1. The average molecular weight is 331 g/mol. The van der Waals surface area contributed by atoms with E-state index in [4.69, 9.17) is 9.52 Å². The van der Waals surface area contributed by atoms with E-state index in [1.807, 2.05) is 0 Å². The lowest BCUT2D eigenvalue weighted by molar-refractivity contribution is 0.0656. The molecule has 2 aromatic rings. The first-order chi connectivity index (χ1) is 8.58. The van der Waals surface area contributed by atoms with Crippen LogP contribution in [0.5, 0.6) is 0 Å². The van der Waals surface area contributed by atoms with E-state index in [1.165, 1.54) is 23.9 Å². The quantitative estimate of drug-likeness (QED) is 0.854. The van der Waals surface area contributed by atoms with Crippen LogP contribution in [0.15, 0.2) is 44.3 Å². The summed E-state index contributed by atoms with van der Waals surface area (Å²) in [5, 5.41) is 9.19. The summed E-state index contributed by atoms with van der Waals surface area (Å²) < 4.78 is 18.8. The largest absolute Gasteiger partial charge is 0.475 e. The predicted octanol–water partition coefficient (Wildman–Crippen LogP) is 4.17. The van der Waals surface area contributed by atoms with Gasteiger partial charge in [0, 0.05) is 5.75 Å². The van der Waals surface area contributed by atoms with Crippen molar-refractivity contribution in [1.29, 1.82) is 0 Å². The van der Waals surface area contributed by atoms with Gasteiger partial charge in [-0.25, -0.2) is 9.18 Å². The maximum Gasteiger partial charge on any atom is 0.371 e. The molecule has 0 aliphatic heterocycles. The second-order valence-electron chi connectivity index (χ2n) is 3.43. The number of carbonyl (C=O) groups is 1. The van der Waals surface area contributed by atoms with Crippen LogP contribution in [-0.4, -0.2) is 11.1 Å². The molecule has 6 heteroatoms. The van der Waals surface area contributed by atoms with E-state index in [9.17, 15) is 9.18 Å². The zero-order valence-corrected chi connectivity index (χ0v) is 11.4. The van der Waals surface area contributed by atoms with Crippen molar-refractivity contribution in [2.75, 3.05) is 0 Å².